The maximum absolute atomic E-state index is 14.0. The van der Waals surface area contributed by atoms with Crippen molar-refractivity contribution < 1.29 is 49.2 Å². The Morgan fingerprint density at radius 3 is 0.622 bits per heavy atom. The van der Waals surface area contributed by atoms with E-state index in [4.69, 9.17) is 0 Å². The van der Waals surface area contributed by atoms with Crippen LogP contribution in [0.1, 0.15) is 595 Å². The van der Waals surface area contributed by atoms with Gasteiger partial charge in [-0.25, -0.2) is 0 Å². The molecule has 4 N–H and O–H groups in total. The molecule has 0 saturated heterocycles. The highest BCUT2D eigenvalue weighted by Crippen LogP contribution is 2.53. The predicted molar refractivity (Wildman–Crippen MR) is 625 cm³/mol. The molecule has 2 aromatic rings. The highest BCUT2D eigenvalue weighted by atomic mass is 16.3. The van der Waals surface area contributed by atoms with Gasteiger partial charge in [0, 0.05) is 86.9 Å². The van der Waals surface area contributed by atoms with E-state index >= 15 is 0 Å². The van der Waals surface area contributed by atoms with Crippen LogP contribution < -0.4 is 9.80 Å². The van der Waals surface area contributed by atoms with Gasteiger partial charge < -0.3 is 30.2 Å². The minimum absolute atomic E-state index is 0.00758. The molecule has 3 aliphatic carbocycles. The Labute approximate surface area is 908 Å². The number of rotatable bonds is 94. The normalized spacial score (nSPS) is 20.6. The first-order valence-electron chi connectivity index (χ1n) is 64.5. The maximum Gasteiger partial charge on any atom is 0.253 e. The molecular weight excluding hydrogens is 1830 g/mol. The Bertz CT molecular complexity index is 3890. The fourth-order valence-electron chi connectivity index (χ4n) is 28.0. The molecule has 0 aromatic carbocycles. The molecule has 848 valence electrons. The van der Waals surface area contributed by atoms with Gasteiger partial charge in [-0.15, -0.1) is 0 Å². The largest absolute Gasteiger partial charge is 0.494 e. The predicted octanol–water partition coefficient (Wildman–Crippen LogP) is 37.8. The van der Waals surface area contributed by atoms with E-state index in [1.54, 1.807) is 44.9 Å². The van der Waals surface area contributed by atoms with Crippen LogP contribution >= 0.6 is 0 Å². The smallest absolute Gasteiger partial charge is 0.253 e. The van der Waals surface area contributed by atoms with Crippen LogP contribution in [0.4, 0.5) is 11.4 Å². The number of aromatic hydroxyl groups is 4. The third kappa shape index (κ3) is 48.9. The fourth-order valence-corrected chi connectivity index (χ4v) is 28.0. The quantitative estimate of drug-likeness (QED) is 0.0280. The van der Waals surface area contributed by atoms with E-state index in [0.717, 1.165) is 174 Å². The summed E-state index contributed by atoms with van der Waals surface area (Å²) in [4.78, 5) is 82.4. The second-order valence-electron chi connectivity index (χ2n) is 48.5. The number of nitrogens with zero attached hydrogens (tertiary/aromatic N) is 6. The van der Waals surface area contributed by atoms with Crippen LogP contribution in [0.15, 0.2) is 60.7 Å². The average molecular weight is 2060 g/mol. The van der Waals surface area contributed by atoms with Crippen LogP contribution in [0.3, 0.4) is 0 Å². The number of amides is 6. The molecule has 0 spiro atoms. The molecule has 2 aromatic heterocycles. The zero-order valence-corrected chi connectivity index (χ0v) is 97.4. The molecule has 5 aliphatic rings. The lowest BCUT2D eigenvalue weighted by Gasteiger charge is -2.44. The van der Waals surface area contributed by atoms with Gasteiger partial charge >= 0.3 is 0 Å². The number of anilines is 2. The topological polar surface area (TPSA) is 206 Å². The summed E-state index contributed by atoms with van der Waals surface area (Å²) in [5.41, 5.74) is 1.62. The van der Waals surface area contributed by atoms with Gasteiger partial charge in [0.15, 0.2) is 11.8 Å². The lowest BCUT2D eigenvalue weighted by molar-refractivity contribution is -0.138. The molecule has 7 rings (SSSR count). The number of imide groups is 2. The van der Waals surface area contributed by atoms with E-state index in [0.29, 0.717) is 61.8 Å². The molecule has 12 atom stereocenters. The van der Waals surface area contributed by atoms with Crippen molar-refractivity contribution in [2.45, 2.75) is 608 Å². The first kappa shape index (κ1) is 129. The van der Waals surface area contributed by atoms with Crippen LogP contribution in [0.5, 0.6) is 23.5 Å². The average Bonchev–Trinajstić information content (AvgIpc) is 1.71. The SMILES string of the molecule is C=C(C)C(=O)N(CCCCCCCCC1CCC(CCCCCC)C(CCCCCCCC)C1CCCCCCCCN(C(=O)C(=C)C)c1cc(O)n(CCCCCCCCC2C(CCCCCCCCN3C(=O)C=CC3=O)CCC(CCCCCC)C2CCCCCCCC)c1O)c1cc(O)n(CCCCCCCCC2C(CCCCCCCCN3C(=O)C=CC3=O)CCC(CCCCCC)C2CCCCCCCC)c1O. The van der Waals surface area contributed by atoms with Gasteiger partial charge in [0.1, 0.15) is 11.4 Å². The Kier molecular flexibility index (Phi) is 69.5. The van der Waals surface area contributed by atoms with Gasteiger partial charge in [-0.1, -0.05) is 478 Å². The molecule has 6 amide bonds. The van der Waals surface area contributed by atoms with E-state index in [-0.39, 0.29) is 59.0 Å². The van der Waals surface area contributed by atoms with Crippen LogP contribution in [-0.2, 0) is 41.9 Å². The molecule has 12 unspecified atom stereocenters. The van der Waals surface area contributed by atoms with Crippen molar-refractivity contribution in [3.63, 3.8) is 0 Å². The lowest BCUT2D eigenvalue weighted by atomic mass is 9.61. The molecule has 148 heavy (non-hydrogen) atoms. The van der Waals surface area contributed by atoms with Crippen molar-refractivity contribution in [2.75, 3.05) is 36.0 Å². The van der Waals surface area contributed by atoms with Crippen molar-refractivity contribution in [3.8, 4) is 23.5 Å². The van der Waals surface area contributed by atoms with Gasteiger partial charge in [0.05, 0.1) is 0 Å². The molecule has 3 fully saturated rings. The monoisotopic (exact) mass is 2060 g/mol. The summed E-state index contributed by atoms with van der Waals surface area (Å²) < 4.78 is 3.23. The number of hydrogen-bond donors (Lipinski definition) is 4. The first-order valence-corrected chi connectivity index (χ1v) is 64.5. The van der Waals surface area contributed by atoms with Gasteiger partial charge in [-0.3, -0.25) is 47.7 Å². The zero-order chi connectivity index (χ0) is 106. The van der Waals surface area contributed by atoms with Crippen molar-refractivity contribution in [2.24, 2.45) is 71.0 Å². The lowest BCUT2D eigenvalue weighted by Crippen LogP contribution is -2.35. The summed E-state index contributed by atoms with van der Waals surface area (Å²) in [6.07, 6.45) is 112. The molecular formula is C132H230N6O10. The summed E-state index contributed by atoms with van der Waals surface area (Å²) >= 11 is 0. The van der Waals surface area contributed by atoms with Crippen molar-refractivity contribution >= 4 is 46.8 Å². The summed E-state index contributed by atoms with van der Waals surface area (Å²) in [6, 6.07) is 3.19. The van der Waals surface area contributed by atoms with Crippen LogP contribution in [0.2, 0.25) is 0 Å². The summed E-state index contributed by atoms with van der Waals surface area (Å²) in [6.45, 7) is 28.6. The van der Waals surface area contributed by atoms with Gasteiger partial charge in [-0.2, -0.15) is 0 Å². The van der Waals surface area contributed by atoms with Crippen molar-refractivity contribution in [3.05, 3.63) is 60.7 Å². The molecule has 16 nitrogen and oxygen atoms in total. The highest BCUT2D eigenvalue weighted by molar-refractivity contribution is 6.13. The number of unbranched alkanes of at least 4 members (excludes halogenated alkanes) is 54. The summed E-state index contributed by atoms with van der Waals surface area (Å²) in [5, 5.41) is 46.6. The van der Waals surface area contributed by atoms with Crippen LogP contribution in [0, 0.1) is 71.0 Å². The van der Waals surface area contributed by atoms with Crippen LogP contribution in [0.25, 0.3) is 0 Å². The van der Waals surface area contributed by atoms with E-state index in [2.05, 4.69) is 54.7 Å². The standard InChI is InChI=1S/C132H230N6O10/c1-11-17-23-29-47-65-83-115-109(77-59-26-20-14-4)89-92-112(80-62-44-32-38-53-71-99-133(129(145)107(7)8)121-105-127(143)137(131(121)147)103-75-57-42-36-51-69-87-119-113(81-63-45-33-39-55-73-101-135-123(139)95-96-124(135)140)93-90-110(78-60-27-21-15-5)116(119)84-66-48-30-24-18-12-2)118(115)86-68-50-35-41-54-72-100-134(130(146)108(9)10)122-106-128(144)138(132(122)148)104-76-58-43-37-52-70-88-120-114(82-64-46-34-40-56-74-102-136-125(141)97-98-126(136)142)94-91-111(79-61-28-22-16-6)117(120)85-67-49-31-25-19-13-3/h95-98,105-106,109-120,143-144,147-148H,7,9,11-94,99-104H2,1-6,8,10H3. The van der Waals surface area contributed by atoms with E-state index in [1.165, 1.54) is 471 Å². The minimum atomic E-state index is -0.206. The molecule has 2 aliphatic heterocycles. The summed E-state index contributed by atoms with van der Waals surface area (Å²) in [5.74, 6) is 8.89. The second-order valence-corrected chi connectivity index (χ2v) is 48.5. The van der Waals surface area contributed by atoms with Gasteiger partial charge in [0.2, 0.25) is 11.8 Å². The number of carbonyl (C=O) groups is 6. The van der Waals surface area contributed by atoms with Crippen molar-refractivity contribution in [1.82, 2.24) is 18.9 Å². The Morgan fingerprint density at radius 1 is 0.250 bits per heavy atom. The summed E-state index contributed by atoms with van der Waals surface area (Å²) in [7, 11) is 0. The van der Waals surface area contributed by atoms with Gasteiger partial charge in [-0.05, 0) is 200 Å². The van der Waals surface area contributed by atoms with Gasteiger partial charge in [0.25, 0.3) is 35.4 Å². The van der Waals surface area contributed by atoms with Crippen molar-refractivity contribution in [1.29, 1.82) is 0 Å². The number of carbonyl (C=O) groups excluding carboxylic acids is 6. The first-order chi connectivity index (χ1) is 72.2. The fraction of sp³-hybridized carbons (Fsp3) is 0.833. The second kappa shape index (κ2) is 79.8. The molecule has 0 bridgehead atoms. The van der Waals surface area contributed by atoms with E-state index < -0.39 is 0 Å². The molecule has 0 radical (unpaired) electrons. The highest BCUT2D eigenvalue weighted by Gasteiger charge is 2.42. The zero-order valence-electron chi connectivity index (χ0n) is 97.4. The molecule has 16 heteroatoms. The number of hydrogen-bond acceptors (Lipinski definition) is 10. The molecule has 4 heterocycles. The molecule has 3 saturated carbocycles. The van der Waals surface area contributed by atoms with Crippen LogP contribution in [-0.4, -0.2) is 101 Å². The third-order valence-corrected chi connectivity index (χ3v) is 36.8. The maximum atomic E-state index is 14.0. The minimum Gasteiger partial charge on any atom is -0.494 e. The van der Waals surface area contributed by atoms with E-state index in [1.807, 2.05) is 0 Å². The number of aromatic nitrogens is 2. The Morgan fingerprint density at radius 2 is 0.419 bits per heavy atom. The van der Waals surface area contributed by atoms with E-state index in [9.17, 15) is 49.2 Å². The Balaban J connectivity index is 0.848. The third-order valence-electron chi connectivity index (χ3n) is 36.8. The Hall–Kier alpha value is -6.06.